The van der Waals surface area contributed by atoms with E-state index in [1.165, 1.54) is 24.3 Å². The first-order valence-electron chi connectivity index (χ1n) is 34.2. The zero-order valence-corrected chi connectivity index (χ0v) is 59.8. The van der Waals surface area contributed by atoms with Gasteiger partial charge in [-0.1, -0.05) is 239 Å². The highest BCUT2D eigenvalue weighted by molar-refractivity contribution is 7.89. The third kappa shape index (κ3) is 19.2. The summed E-state index contributed by atoms with van der Waals surface area (Å²) in [7, 11) is -12.0. The Hall–Kier alpha value is -6.76. The maximum absolute atomic E-state index is 15.5. The Morgan fingerprint density at radius 3 is 1.21 bits per heavy atom. The second-order valence-electron chi connectivity index (χ2n) is 27.1. The number of fused-ring (bicyclic) bond motifs is 1. The van der Waals surface area contributed by atoms with Crippen molar-refractivity contribution < 1.29 is 83.2 Å². The number of benzene rings is 8. The molecule has 4 saturated heterocycles. The van der Waals surface area contributed by atoms with E-state index >= 15 is 16.8 Å². The largest absolute Gasteiger partial charge is 0.391 e. The standard InChI is InChI=1S/C78H90N2O18S2Si/c1-78(2,3)101(4,5)98-76-66(80-100(84,85)61-44-28-13-29-45-61)72(89-49-57-36-20-9-21-37-57)69(63(93-76)52-87-47-55-32-16-7-17-33-55)96-75-65(79-99(82,83)60-42-26-12-27-43-60)71(88-48-56-34-18-8-19-35-56)70(62(92-75)51-86-46-54-30-14-6-15-31-54)97-77-73(90-50-58-38-22-10-23-39-58)67(81)68-64(94-77)53-91-74(95-68)59-40-24-11-25-41-59/h6-45,62-77,79-81H,46-53H2,1-5H3/t62?,63?,64?,65?,66?,67-,68+,69+,70+,71+,72-,73?,74?,75-,76+,77-/m0/s1. The number of aliphatic hydroxyl groups excluding tert-OH is 1. The maximum atomic E-state index is 15.5. The number of sulfonamides is 2. The molecule has 16 atom stereocenters. The molecule has 23 heteroatoms. The van der Waals surface area contributed by atoms with Gasteiger partial charge in [0.2, 0.25) is 20.0 Å². The second kappa shape index (κ2) is 34.2. The Bertz CT molecular complexity index is 4040. The van der Waals surface area contributed by atoms with Gasteiger partial charge in [-0.2, -0.15) is 0 Å². The lowest BCUT2D eigenvalue weighted by molar-refractivity contribution is -0.391. The molecule has 8 aromatic rings. The average molecular weight is 1440 g/mol. The second-order valence-corrected chi connectivity index (χ2v) is 35.3. The van der Waals surface area contributed by atoms with Crippen molar-refractivity contribution in [2.45, 2.75) is 180 Å². The van der Waals surface area contributed by atoms with Crippen molar-refractivity contribution in [3.63, 3.8) is 0 Å². The first kappa shape index (κ1) is 74.0. The third-order valence-electron chi connectivity index (χ3n) is 18.8. The minimum absolute atomic E-state index is 0.00735. The molecule has 0 radical (unpaired) electrons. The van der Waals surface area contributed by atoms with Crippen LogP contribution in [0.25, 0.3) is 0 Å². The Morgan fingerprint density at radius 2 is 0.792 bits per heavy atom. The molecule has 20 nitrogen and oxygen atoms in total. The van der Waals surface area contributed by atoms with Crippen LogP contribution in [0.1, 0.15) is 60.4 Å². The lowest BCUT2D eigenvalue weighted by Crippen LogP contribution is -2.71. The summed E-state index contributed by atoms with van der Waals surface area (Å²) in [5.41, 5.74) is 4.66. The number of hydrogen-bond donors (Lipinski definition) is 3. The molecule has 0 aliphatic carbocycles. The number of ether oxygens (including phenoxy) is 12. The van der Waals surface area contributed by atoms with Crippen molar-refractivity contribution in [3.8, 4) is 0 Å². The van der Waals surface area contributed by atoms with Crippen LogP contribution in [0.15, 0.2) is 252 Å². The third-order valence-corrected chi connectivity index (χ3v) is 26.2. The van der Waals surface area contributed by atoms with Gasteiger partial charge in [-0.3, -0.25) is 0 Å². The fourth-order valence-corrected chi connectivity index (χ4v) is 16.1. The zero-order chi connectivity index (χ0) is 70.4. The van der Waals surface area contributed by atoms with Crippen LogP contribution in [0.4, 0.5) is 0 Å². The van der Waals surface area contributed by atoms with Crippen LogP contribution >= 0.6 is 0 Å². The predicted molar refractivity (Wildman–Crippen MR) is 378 cm³/mol. The van der Waals surface area contributed by atoms with E-state index in [2.05, 4.69) is 30.2 Å². The SMILES string of the molecule is CC(C)(C)[Si](C)(C)O[C@H]1OC(COCc2ccccc2)[C@@H](O[C@@H]2OC(COCc3ccccc3)[C@@H](O[C@@H]3OC4COC(c5ccccc5)O[C@H]4[C@H](O)C3OCc3ccccc3)[C@H](OCc3ccccc3)C2NS(=O)(=O)c2ccccc2)[C@@H](OCc2ccccc2)C1NS(=O)(=O)c1ccccc1. The lowest BCUT2D eigenvalue weighted by atomic mass is 9.94. The van der Waals surface area contributed by atoms with Gasteiger partial charge >= 0.3 is 0 Å². The molecule has 8 aromatic carbocycles. The highest BCUT2D eigenvalue weighted by Crippen LogP contribution is 2.43. The normalized spacial score (nSPS) is 27.3. The van der Waals surface area contributed by atoms with Crippen LogP contribution in [-0.2, 0) is 114 Å². The zero-order valence-electron chi connectivity index (χ0n) is 57.2. The maximum Gasteiger partial charge on any atom is 0.241 e. The molecule has 0 amide bonds. The Labute approximate surface area is 593 Å². The van der Waals surface area contributed by atoms with Gasteiger partial charge in [-0.05, 0) is 70.2 Å². The smallest absolute Gasteiger partial charge is 0.241 e. The molecule has 4 fully saturated rings. The molecule has 3 N–H and O–H groups in total. The Balaban J connectivity index is 1.00. The summed E-state index contributed by atoms with van der Waals surface area (Å²) >= 11 is 0. The van der Waals surface area contributed by atoms with E-state index < -0.39 is 132 Å². The van der Waals surface area contributed by atoms with Crippen molar-refractivity contribution in [2.24, 2.45) is 0 Å². The first-order valence-corrected chi connectivity index (χ1v) is 40.0. The van der Waals surface area contributed by atoms with Gasteiger partial charge in [-0.15, -0.1) is 0 Å². The molecule has 0 bridgehead atoms. The molecule has 4 heterocycles. The molecule has 4 aliphatic rings. The van der Waals surface area contributed by atoms with E-state index in [-0.39, 0.29) is 62.6 Å². The van der Waals surface area contributed by atoms with Crippen molar-refractivity contribution >= 4 is 28.4 Å². The topological polar surface area (TPSA) is 233 Å². The Kier molecular flexibility index (Phi) is 25.1. The summed E-state index contributed by atoms with van der Waals surface area (Å²) in [6.45, 7) is 9.87. The van der Waals surface area contributed by atoms with Gasteiger partial charge in [0.25, 0.3) is 0 Å². The van der Waals surface area contributed by atoms with E-state index in [1.54, 1.807) is 36.4 Å². The van der Waals surface area contributed by atoms with Crippen molar-refractivity contribution in [3.05, 3.63) is 276 Å². The van der Waals surface area contributed by atoms with Gasteiger partial charge in [-0.25, -0.2) is 26.3 Å². The minimum atomic E-state index is -4.61. The van der Waals surface area contributed by atoms with Crippen LogP contribution in [0, 0.1) is 0 Å². The summed E-state index contributed by atoms with van der Waals surface area (Å²) in [4.78, 5) is -0.139. The van der Waals surface area contributed by atoms with Crippen LogP contribution in [0.5, 0.6) is 0 Å². The summed E-state index contributed by atoms with van der Waals surface area (Å²) in [6, 6.07) is 69.5. The molecule has 0 saturated carbocycles. The highest BCUT2D eigenvalue weighted by atomic mass is 32.2. The molecule has 101 heavy (non-hydrogen) atoms. The average Bonchev–Trinajstić information content (AvgIpc) is 0.757. The number of nitrogens with one attached hydrogen (secondary N) is 2. The van der Waals surface area contributed by atoms with Crippen molar-refractivity contribution in [1.29, 1.82) is 0 Å². The first-order chi connectivity index (χ1) is 48.9. The van der Waals surface area contributed by atoms with Gasteiger partial charge < -0.3 is 66.4 Å². The summed E-state index contributed by atoms with van der Waals surface area (Å²) in [5, 5.41) is 12.4. The van der Waals surface area contributed by atoms with Gasteiger partial charge in [0.05, 0.1) is 62.6 Å². The Morgan fingerprint density at radius 1 is 0.436 bits per heavy atom. The van der Waals surface area contributed by atoms with Crippen LogP contribution in [0.2, 0.25) is 18.1 Å². The molecule has 0 aromatic heterocycles. The minimum Gasteiger partial charge on any atom is -0.391 e. The molecular formula is C78H90N2O18S2Si. The van der Waals surface area contributed by atoms with Crippen molar-refractivity contribution in [2.75, 3.05) is 19.8 Å². The summed E-state index contributed by atoms with van der Waals surface area (Å²) in [6.07, 6.45) is -18.0. The monoisotopic (exact) mass is 1430 g/mol. The molecule has 4 aliphatic heterocycles. The van der Waals surface area contributed by atoms with E-state index in [9.17, 15) is 5.11 Å². The predicted octanol–water partition coefficient (Wildman–Crippen LogP) is 11.3. The van der Waals surface area contributed by atoms with E-state index in [4.69, 9.17) is 61.3 Å². The number of aliphatic hydroxyl groups is 1. The molecule has 536 valence electrons. The number of rotatable bonds is 30. The van der Waals surface area contributed by atoms with Crippen molar-refractivity contribution in [1.82, 2.24) is 9.44 Å². The lowest BCUT2D eigenvalue weighted by Gasteiger charge is -2.53. The fraction of sp³-hybridized carbons (Fsp3) is 0.385. The van der Waals surface area contributed by atoms with Gasteiger partial charge in [0.1, 0.15) is 73.1 Å². The summed E-state index contributed by atoms with van der Waals surface area (Å²) in [5.74, 6) is 0. The summed E-state index contributed by atoms with van der Waals surface area (Å²) < 4.78 is 159. The highest BCUT2D eigenvalue weighted by Gasteiger charge is 2.59. The quantitative estimate of drug-likeness (QED) is 0.0355. The molecule has 12 rings (SSSR count). The fourth-order valence-electron chi connectivity index (χ4n) is 12.4. The van der Waals surface area contributed by atoms with Gasteiger partial charge in [0.15, 0.2) is 33.5 Å². The van der Waals surface area contributed by atoms with Crippen LogP contribution in [0.3, 0.4) is 0 Å². The van der Waals surface area contributed by atoms with E-state index in [1.807, 2.05) is 195 Å². The van der Waals surface area contributed by atoms with E-state index in [0.29, 0.717) is 5.56 Å². The van der Waals surface area contributed by atoms with Crippen LogP contribution < -0.4 is 9.44 Å². The van der Waals surface area contributed by atoms with E-state index in [0.717, 1.165) is 27.8 Å². The van der Waals surface area contributed by atoms with Gasteiger partial charge in [0, 0.05) is 5.56 Å². The number of hydrogen-bond acceptors (Lipinski definition) is 18. The van der Waals surface area contributed by atoms with Crippen LogP contribution in [-0.4, -0.2) is 142 Å². The molecule has 7 unspecified atom stereocenters. The molecular weight excluding hydrogens is 1350 g/mol. The molecule has 0 spiro atoms.